The number of thioether (sulfide) groups is 1. The minimum absolute atomic E-state index is 0.146. The van der Waals surface area contributed by atoms with Gasteiger partial charge >= 0.3 is 0 Å². The molecule has 1 aromatic heterocycles. The Kier molecular flexibility index (Phi) is 4.81. The first-order valence-corrected chi connectivity index (χ1v) is 8.20. The van der Waals surface area contributed by atoms with Crippen LogP contribution in [0.4, 0.5) is 5.69 Å². The molecule has 0 bridgehead atoms. The average Bonchev–Trinajstić information content (AvgIpc) is 2.61. The van der Waals surface area contributed by atoms with Crippen LogP contribution < -0.4 is 15.6 Å². The molecule has 1 heterocycles. The summed E-state index contributed by atoms with van der Waals surface area (Å²) in [6.45, 7) is 0. The molecule has 0 spiro atoms. The van der Waals surface area contributed by atoms with Crippen molar-refractivity contribution in [3.63, 3.8) is 0 Å². The number of methoxy groups -OCH3 is 1. The standard InChI is InChI=1S/C17H15N3O3S/c1-23-12-8-6-11(7-9-12)18-15(21)10-24-17-19-14-5-3-2-4-13(14)16(22)20-17/h2-9H,10H2,1H3,(H,18,21)(H,19,20,22). The van der Waals surface area contributed by atoms with E-state index in [9.17, 15) is 9.59 Å². The molecule has 0 saturated carbocycles. The van der Waals surface area contributed by atoms with Crippen LogP contribution in [-0.2, 0) is 4.79 Å². The van der Waals surface area contributed by atoms with E-state index in [4.69, 9.17) is 4.74 Å². The highest BCUT2D eigenvalue weighted by atomic mass is 32.2. The number of hydrogen-bond donors (Lipinski definition) is 2. The molecule has 0 aliphatic carbocycles. The molecule has 0 aliphatic rings. The number of aromatic nitrogens is 2. The number of carbonyl (C=O) groups is 1. The van der Waals surface area contributed by atoms with Gasteiger partial charge in [-0.15, -0.1) is 0 Å². The van der Waals surface area contributed by atoms with E-state index in [2.05, 4.69) is 15.3 Å². The number of para-hydroxylation sites is 1. The van der Waals surface area contributed by atoms with Gasteiger partial charge in [0, 0.05) is 5.69 Å². The average molecular weight is 341 g/mol. The lowest BCUT2D eigenvalue weighted by Crippen LogP contribution is -2.15. The van der Waals surface area contributed by atoms with Crippen LogP contribution in [0.5, 0.6) is 5.75 Å². The second kappa shape index (κ2) is 7.18. The Morgan fingerprint density at radius 1 is 1.21 bits per heavy atom. The van der Waals surface area contributed by atoms with E-state index >= 15 is 0 Å². The summed E-state index contributed by atoms with van der Waals surface area (Å²) in [5, 5.41) is 3.73. The summed E-state index contributed by atoms with van der Waals surface area (Å²) in [5.74, 6) is 0.689. The second-order valence-corrected chi connectivity index (χ2v) is 5.92. The molecule has 6 nitrogen and oxygen atoms in total. The Labute approximate surface area is 142 Å². The van der Waals surface area contributed by atoms with Crippen molar-refractivity contribution < 1.29 is 9.53 Å². The minimum atomic E-state index is -0.210. The van der Waals surface area contributed by atoms with Crippen molar-refractivity contribution in [3.8, 4) is 5.75 Å². The molecule has 24 heavy (non-hydrogen) atoms. The highest BCUT2D eigenvalue weighted by Crippen LogP contribution is 2.17. The third-order valence-corrected chi connectivity index (χ3v) is 4.18. The third kappa shape index (κ3) is 3.75. The number of amides is 1. The van der Waals surface area contributed by atoms with Crippen molar-refractivity contribution in [2.45, 2.75) is 5.16 Å². The lowest BCUT2D eigenvalue weighted by molar-refractivity contribution is -0.113. The molecule has 0 fully saturated rings. The fourth-order valence-electron chi connectivity index (χ4n) is 2.14. The lowest BCUT2D eigenvalue weighted by Gasteiger charge is -2.06. The van der Waals surface area contributed by atoms with Crippen LogP contribution >= 0.6 is 11.8 Å². The summed E-state index contributed by atoms with van der Waals surface area (Å²) in [5.41, 5.74) is 1.08. The van der Waals surface area contributed by atoms with Crippen molar-refractivity contribution in [3.05, 3.63) is 58.9 Å². The quantitative estimate of drug-likeness (QED) is 0.550. The van der Waals surface area contributed by atoms with Crippen LogP contribution in [0.25, 0.3) is 10.9 Å². The number of H-pyrrole nitrogens is 1. The number of anilines is 1. The van der Waals surface area contributed by atoms with Gasteiger partial charge in [-0.05, 0) is 36.4 Å². The van der Waals surface area contributed by atoms with E-state index in [0.29, 0.717) is 21.7 Å². The fourth-order valence-corrected chi connectivity index (χ4v) is 2.81. The molecule has 0 unspecified atom stereocenters. The molecule has 1 amide bonds. The largest absolute Gasteiger partial charge is 0.497 e. The van der Waals surface area contributed by atoms with Crippen LogP contribution in [-0.4, -0.2) is 28.7 Å². The monoisotopic (exact) mass is 341 g/mol. The summed E-state index contributed by atoms with van der Waals surface area (Å²) in [6, 6.07) is 14.2. The SMILES string of the molecule is COc1ccc(NC(=O)CSc2nc3ccccc3c(=O)[nH]2)cc1. The molecule has 122 valence electrons. The number of aromatic amines is 1. The number of benzene rings is 2. The molecule has 3 aromatic rings. The zero-order chi connectivity index (χ0) is 16.9. The zero-order valence-corrected chi connectivity index (χ0v) is 13.7. The molecule has 3 rings (SSSR count). The van der Waals surface area contributed by atoms with Gasteiger partial charge in [-0.25, -0.2) is 4.98 Å². The molecule has 7 heteroatoms. The summed E-state index contributed by atoms with van der Waals surface area (Å²) in [7, 11) is 1.58. The van der Waals surface area contributed by atoms with Crippen LogP contribution in [0.15, 0.2) is 58.5 Å². The topological polar surface area (TPSA) is 84.1 Å². The summed E-state index contributed by atoms with van der Waals surface area (Å²) >= 11 is 1.18. The van der Waals surface area contributed by atoms with E-state index in [1.54, 1.807) is 49.6 Å². The molecule has 2 N–H and O–H groups in total. The van der Waals surface area contributed by atoms with Gasteiger partial charge in [-0.2, -0.15) is 0 Å². The molecular weight excluding hydrogens is 326 g/mol. The van der Waals surface area contributed by atoms with Gasteiger partial charge in [0.25, 0.3) is 5.56 Å². The van der Waals surface area contributed by atoms with Gasteiger partial charge in [0.15, 0.2) is 5.16 Å². The van der Waals surface area contributed by atoms with Gasteiger partial charge in [0.05, 0.1) is 23.8 Å². The number of hydrogen-bond acceptors (Lipinski definition) is 5. The first-order valence-electron chi connectivity index (χ1n) is 7.21. The highest BCUT2D eigenvalue weighted by molar-refractivity contribution is 7.99. The van der Waals surface area contributed by atoms with E-state index in [1.165, 1.54) is 11.8 Å². The predicted octanol–water partition coefficient (Wildman–Crippen LogP) is 2.66. The molecule has 2 aromatic carbocycles. The van der Waals surface area contributed by atoms with Gasteiger partial charge in [0.2, 0.25) is 5.91 Å². The Bertz CT molecular complexity index is 922. The summed E-state index contributed by atoms with van der Waals surface area (Å²) in [4.78, 5) is 31.0. The maximum atomic E-state index is 12.0. The highest BCUT2D eigenvalue weighted by Gasteiger charge is 2.07. The molecule has 0 radical (unpaired) electrons. The van der Waals surface area contributed by atoms with E-state index in [1.807, 2.05) is 6.07 Å². The zero-order valence-electron chi connectivity index (χ0n) is 12.9. The van der Waals surface area contributed by atoms with Gasteiger partial charge < -0.3 is 15.0 Å². The van der Waals surface area contributed by atoms with Crippen molar-refractivity contribution in [1.29, 1.82) is 0 Å². The van der Waals surface area contributed by atoms with Crippen molar-refractivity contribution in [2.24, 2.45) is 0 Å². The number of fused-ring (bicyclic) bond motifs is 1. The summed E-state index contributed by atoms with van der Waals surface area (Å²) in [6.07, 6.45) is 0. The number of nitrogens with zero attached hydrogens (tertiary/aromatic N) is 1. The first kappa shape index (κ1) is 16.1. The normalized spacial score (nSPS) is 10.5. The number of rotatable bonds is 5. The van der Waals surface area contributed by atoms with Crippen molar-refractivity contribution in [1.82, 2.24) is 9.97 Å². The van der Waals surface area contributed by atoms with E-state index in [-0.39, 0.29) is 17.2 Å². The van der Waals surface area contributed by atoms with E-state index in [0.717, 1.165) is 5.75 Å². The molecular formula is C17H15N3O3S. The maximum absolute atomic E-state index is 12.0. The smallest absolute Gasteiger partial charge is 0.259 e. The number of ether oxygens (including phenoxy) is 1. The Hall–Kier alpha value is -2.80. The Balaban J connectivity index is 1.64. The third-order valence-electron chi connectivity index (χ3n) is 3.30. The van der Waals surface area contributed by atoms with Gasteiger partial charge in [-0.1, -0.05) is 23.9 Å². The minimum Gasteiger partial charge on any atom is -0.497 e. The maximum Gasteiger partial charge on any atom is 0.259 e. The number of carbonyl (C=O) groups excluding carboxylic acids is 1. The van der Waals surface area contributed by atoms with Crippen molar-refractivity contribution >= 4 is 34.3 Å². The Morgan fingerprint density at radius 2 is 1.96 bits per heavy atom. The summed E-state index contributed by atoms with van der Waals surface area (Å²) < 4.78 is 5.07. The van der Waals surface area contributed by atoms with Crippen LogP contribution in [0.3, 0.4) is 0 Å². The second-order valence-electron chi connectivity index (χ2n) is 4.95. The number of nitrogens with one attached hydrogen (secondary N) is 2. The van der Waals surface area contributed by atoms with Crippen LogP contribution in [0.2, 0.25) is 0 Å². The lowest BCUT2D eigenvalue weighted by atomic mass is 10.2. The predicted molar refractivity (Wildman–Crippen MR) is 94.7 cm³/mol. The Morgan fingerprint density at radius 3 is 2.71 bits per heavy atom. The molecule has 0 saturated heterocycles. The first-order chi connectivity index (χ1) is 11.7. The van der Waals surface area contributed by atoms with Crippen LogP contribution in [0, 0.1) is 0 Å². The molecule has 0 aliphatic heterocycles. The molecule has 0 atom stereocenters. The van der Waals surface area contributed by atoms with Crippen molar-refractivity contribution in [2.75, 3.05) is 18.2 Å². The van der Waals surface area contributed by atoms with E-state index < -0.39 is 0 Å². The fraction of sp³-hybridized carbons (Fsp3) is 0.118. The van der Waals surface area contributed by atoms with Gasteiger partial charge in [-0.3, -0.25) is 9.59 Å². The van der Waals surface area contributed by atoms with Gasteiger partial charge in [0.1, 0.15) is 5.75 Å². The van der Waals surface area contributed by atoms with Crippen LogP contribution in [0.1, 0.15) is 0 Å².